The van der Waals surface area contributed by atoms with E-state index in [1.165, 1.54) is 31.4 Å². The van der Waals surface area contributed by atoms with Gasteiger partial charge in [0.05, 0.1) is 12.8 Å². The lowest BCUT2D eigenvalue weighted by Gasteiger charge is -2.07. The van der Waals surface area contributed by atoms with Crippen molar-refractivity contribution in [3.63, 3.8) is 0 Å². The van der Waals surface area contributed by atoms with E-state index in [0.29, 0.717) is 23.7 Å². The number of ether oxygens (including phenoxy) is 2. The minimum atomic E-state index is -0.501. The average Bonchev–Trinajstić information content (AvgIpc) is 3.09. The Morgan fingerprint density at radius 2 is 1.79 bits per heavy atom. The van der Waals surface area contributed by atoms with Crippen molar-refractivity contribution >= 4 is 17.6 Å². The lowest BCUT2D eigenvalue weighted by atomic mass is 10.2. The fraction of sp³-hybridized carbons (Fsp3) is 0.143. The van der Waals surface area contributed by atoms with E-state index in [4.69, 9.17) is 9.47 Å². The van der Waals surface area contributed by atoms with Gasteiger partial charge in [-0.2, -0.15) is 0 Å². The van der Waals surface area contributed by atoms with E-state index < -0.39 is 11.9 Å². The van der Waals surface area contributed by atoms with Crippen LogP contribution in [0.1, 0.15) is 16.1 Å². The summed E-state index contributed by atoms with van der Waals surface area (Å²) in [6, 6.07) is 16.5. The van der Waals surface area contributed by atoms with Crippen molar-refractivity contribution in [1.29, 1.82) is 0 Å². The first-order valence-electron chi connectivity index (χ1n) is 8.56. The van der Waals surface area contributed by atoms with Crippen LogP contribution in [0.15, 0.2) is 66.9 Å². The molecule has 3 aromatic rings. The average molecular weight is 382 g/mol. The van der Waals surface area contributed by atoms with Crippen molar-refractivity contribution in [2.45, 2.75) is 6.54 Å². The summed E-state index contributed by atoms with van der Waals surface area (Å²) in [5.74, 6) is -0.906. The Morgan fingerprint density at radius 3 is 2.46 bits per heavy atom. The molecule has 3 rings (SSSR count). The highest BCUT2D eigenvalue weighted by molar-refractivity contribution is 5.94. The van der Waals surface area contributed by atoms with Crippen LogP contribution >= 0.6 is 0 Å². The minimum Gasteiger partial charge on any atom is -0.484 e. The summed E-state index contributed by atoms with van der Waals surface area (Å²) < 4.78 is 24.7. The number of benzene rings is 2. The van der Waals surface area contributed by atoms with Crippen molar-refractivity contribution in [2.24, 2.45) is 0 Å². The molecule has 0 aliphatic carbocycles. The van der Waals surface area contributed by atoms with Crippen molar-refractivity contribution in [3.05, 3.63) is 83.9 Å². The summed E-state index contributed by atoms with van der Waals surface area (Å²) in [6.07, 6.45) is 1.66. The number of aromatic nitrogens is 1. The molecule has 0 saturated heterocycles. The van der Waals surface area contributed by atoms with E-state index in [9.17, 15) is 14.0 Å². The zero-order valence-corrected chi connectivity index (χ0v) is 15.2. The third-order valence-electron chi connectivity index (χ3n) is 3.95. The molecule has 0 radical (unpaired) electrons. The van der Waals surface area contributed by atoms with Gasteiger partial charge < -0.3 is 19.4 Å². The van der Waals surface area contributed by atoms with Gasteiger partial charge in [0.15, 0.2) is 6.61 Å². The second-order valence-corrected chi connectivity index (χ2v) is 6.01. The molecule has 2 aromatic carbocycles. The van der Waals surface area contributed by atoms with Crippen LogP contribution in [-0.4, -0.2) is 30.2 Å². The third kappa shape index (κ3) is 4.97. The van der Waals surface area contributed by atoms with E-state index in [-0.39, 0.29) is 12.4 Å². The van der Waals surface area contributed by atoms with Crippen LogP contribution in [-0.2, 0) is 16.1 Å². The number of methoxy groups -OCH3 is 1. The van der Waals surface area contributed by atoms with Crippen LogP contribution in [0.3, 0.4) is 0 Å². The SMILES string of the molecule is COC(=O)c1cc(NC(=O)COc2ccc(F)cc2)cn1Cc1ccccc1. The topological polar surface area (TPSA) is 69.6 Å². The van der Waals surface area contributed by atoms with Crippen LogP contribution in [0, 0.1) is 5.82 Å². The van der Waals surface area contributed by atoms with Crippen LogP contribution in [0.2, 0.25) is 0 Å². The van der Waals surface area contributed by atoms with E-state index in [1.807, 2.05) is 30.3 Å². The lowest BCUT2D eigenvalue weighted by molar-refractivity contribution is -0.118. The second-order valence-electron chi connectivity index (χ2n) is 6.01. The fourth-order valence-electron chi connectivity index (χ4n) is 2.64. The molecule has 1 aromatic heterocycles. The number of halogens is 1. The second kappa shape index (κ2) is 8.85. The molecule has 0 bridgehead atoms. The molecule has 0 fully saturated rings. The molecule has 7 heteroatoms. The van der Waals surface area contributed by atoms with Gasteiger partial charge in [-0.3, -0.25) is 4.79 Å². The quantitative estimate of drug-likeness (QED) is 0.635. The molecular formula is C21H19FN2O4. The Morgan fingerprint density at radius 1 is 1.07 bits per heavy atom. The molecule has 144 valence electrons. The van der Waals surface area contributed by atoms with Gasteiger partial charge in [-0.05, 0) is 35.9 Å². The third-order valence-corrected chi connectivity index (χ3v) is 3.95. The number of rotatable bonds is 7. The largest absolute Gasteiger partial charge is 0.484 e. The molecule has 1 amide bonds. The fourth-order valence-corrected chi connectivity index (χ4v) is 2.64. The Hall–Kier alpha value is -3.61. The van der Waals surface area contributed by atoms with Crippen LogP contribution in [0.4, 0.5) is 10.1 Å². The van der Waals surface area contributed by atoms with Crippen molar-refractivity contribution in [2.75, 3.05) is 19.0 Å². The molecule has 0 spiro atoms. The standard InChI is InChI=1S/C21H19FN2O4/c1-27-21(26)19-11-17(13-24(19)12-15-5-3-2-4-6-15)23-20(25)14-28-18-9-7-16(22)8-10-18/h2-11,13H,12,14H2,1H3,(H,23,25). The number of anilines is 1. The Bertz CT molecular complexity index is 952. The van der Waals surface area contributed by atoms with Gasteiger partial charge in [0.2, 0.25) is 0 Å². The Balaban J connectivity index is 1.68. The number of hydrogen-bond acceptors (Lipinski definition) is 4. The van der Waals surface area contributed by atoms with Crippen molar-refractivity contribution in [1.82, 2.24) is 4.57 Å². The van der Waals surface area contributed by atoms with Crippen LogP contribution in [0.25, 0.3) is 0 Å². The number of carbonyl (C=O) groups is 2. The molecule has 0 aliphatic heterocycles. The van der Waals surface area contributed by atoms with Gasteiger partial charge in [-0.1, -0.05) is 30.3 Å². The van der Waals surface area contributed by atoms with Crippen LogP contribution < -0.4 is 10.1 Å². The smallest absolute Gasteiger partial charge is 0.354 e. The number of nitrogens with one attached hydrogen (secondary N) is 1. The van der Waals surface area contributed by atoms with Crippen LogP contribution in [0.5, 0.6) is 5.75 Å². The lowest BCUT2D eigenvalue weighted by Crippen LogP contribution is -2.19. The first-order chi connectivity index (χ1) is 13.5. The Kier molecular flexibility index (Phi) is 6.06. The summed E-state index contributed by atoms with van der Waals surface area (Å²) in [5, 5.41) is 2.68. The molecule has 0 saturated carbocycles. The number of esters is 1. The maximum atomic E-state index is 12.9. The van der Waals surface area contributed by atoms with Gasteiger partial charge in [-0.15, -0.1) is 0 Å². The normalized spacial score (nSPS) is 10.4. The molecule has 1 heterocycles. The van der Waals surface area contributed by atoms with Crippen molar-refractivity contribution < 1.29 is 23.5 Å². The molecule has 0 aliphatic rings. The summed E-state index contributed by atoms with van der Waals surface area (Å²) in [6.45, 7) is 0.205. The molecular weight excluding hydrogens is 363 g/mol. The number of nitrogens with zero attached hydrogens (tertiary/aromatic N) is 1. The summed E-state index contributed by atoms with van der Waals surface area (Å²) in [4.78, 5) is 24.2. The highest BCUT2D eigenvalue weighted by atomic mass is 19.1. The van der Waals surface area contributed by atoms with Gasteiger partial charge in [0.1, 0.15) is 17.3 Å². The first kappa shape index (κ1) is 19.2. The molecule has 1 N–H and O–H groups in total. The van der Waals surface area contributed by atoms with Gasteiger partial charge in [0.25, 0.3) is 5.91 Å². The monoisotopic (exact) mass is 382 g/mol. The number of hydrogen-bond donors (Lipinski definition) is 1. The first-order valence-corrected chi connectivity index (χ1v) is 8.56. The van der Waals surface area contributed by atoms with Gasteiger partial charge in [-0.25, -0.2) is 9.18 Å². The number of carbonyl (C=O) groups excluding carboxylic acids is 2. The summed E-state index contributed by atoms with van der Waals surface area (Å²) in [7, 11) is 1.30. The molecule has 0 unspecified atom stereocenters. The predicted molar refractivity (Wildman–Crippen MR) is 102 cm³/mol. The van der Waals surface area contributed by atoms with E-state index in [0.717, 1.165) is 5.56 Å². The van der Waals surface area contributed by atoms with Gasteiger partial charge >= 0.3 is 5.97 Å². The predicted octanol–water partition coefficient (Wildman–Crippen LogP) is 3.48. The highest BCUT2D eigenvalue weighted by Crippen LogP contribution is 2.18. The minimum absolute atomic E-state index is 0.247. The maximum absolute atomic E-state index is 12.9. The van der Waals surface area contributed by atoms with E-state index in [2.05, 4.69) is 5.32 Å². The van der Waals surface area contributed by atoms with Crippen molar-refractivity contribution in [3.8, 4) is 5.75 Å². The van der Waals surface area contributed by atoms with E-state index in [1.54, 1.807) is 16.8 Å². The summed E-state index contributed by atoms with van der Waals surface area (Å²) in [5.41, 5.74) is 1.77. The van der Waals surface area contributed by atoms with E-state index >= 15 is 0 Å². The summed E-state index contributed by atoms with van der Waals surface area (Å²) >= 11 is 0. The Labute approximate surface area is 161 Å². The maximum Gasteiger partial charge on any atom is 0.354 e. The van der Waals surface area contributed by atoms with Gasteiger partial charge in [0, 0.05) is 12.7 Å². The molecule has 28 heavy (non-hydrogen) atoms. The zero-order valence-electron chi connectivity index (χ0n) is 15.2. The molecule has 6 nitrogen and oxygen atoms in total. The highest BCUT2D eigenvalue weighted by Gasteiger charge is 2.16. The zero-order chi connectivity index (χ0) is 19.9. The molecule has 0 atom stereocenters. The number of amides is 1.